The number of hydrogen-bond acceptors (Lipinski definition) is 2. The van der Waals surface area contributed by atoms with Crippen molar-refractivity contribution in [3.63, 3.8) is 0 Å². The molecule has 0 spiro atoms. The molecule has 1 aliphatic heterocycles. The van der Waals surface area contributed by atoms with E-state index in [-0.39, 0.29) is 5.91 Å². The van der Waals surface area contributed by atoms with Gasteiger partial charge in [0.05, 0.1) is 11.1 Å². The van der Waals surface area contributed by atoms with Crippen LogP contribution in [0.4, 0.5) is 5.69 Å². The van der Waals surface area contributed by atoms with E-state index in [4.69, 9.17) is 23.2 Å². The molecule has 2 atom stereocenters. The average Bonchev–Trinajstić information content (AvgIpc) is 2.96. The van der Waals surface area contributed by atoms with E-state index >= 15 is 0 Å². The molecule has 2 nitrogen and oxygen atoms in total. The molecular formula is C15H17Cl2NOS. The normalized spacial score (nSPS) is 31.4. The van der Waals surface area contributed by atoms with Crippen LogP contribution in [0.25, 0.3) is 0 Å². The van der Waals surface area contributed by atoms with E-state index in [0.717, 1.165) is 23.5 Å². The Labute approximate surface area is 133 Å². The Kier molecular flexibility index (Phi) is 3.51. The first-order chi connectivity index (χ1) is 9.35. The van der Waals surface area contributed by atoms with Gasteiger partial charge in [0, 0.05) is 16.7 Å². The number of para-hydroxylation sites is 1. The summed E-state index contributed by atoms with van der Waals surface area (Å²) in [5, 5.41) is 0.498. The number of carbonyl (C=O) groups is 1. The smallest absolute Gasteiger partial charge is 0.236 e. The van der Waals surface area contributed by atoms with Gasteiger partial charge < -0.3 is 4.90 Å². The monoisotopic (exact) mass is 329 g/mol. The number of benzene rings is 1. The molecule has 2 aliphatic rings. The van der Waals surface area contributed by atoms with E-state index in [9.17, 15) is 4.79 Å². The fourth-order valence-corrected chi connectivity index (χ4v) is 4.44. The van der Waals surface area contributed by atoms with Crippen molar-refractivity contribution in [2.45, 2.75) is 41.2 Å². The Morgan fingerprint density at radius 3 is 2.70 bits per heavy atom. The summed E-state index contributed by atoms with van der Waals surface area (Å²) in [6.07, 6.45) is 1.50. The van der Waals surface area contributed by atoms with Gasteiger partial charge in [0.25, 0.3) is 0 Å². The Bertz CT molecular complexity index is 563. The first-order valence-electron chi connectivity index (χ1n) is 6.81. The number of nitrogens with zero attached hydrogens (tertiary/aromatic N) is 1. The second kappa shape index (κ2) is 4.82. The predicted octanol–water partition coefficient (Wildman–Crippen LogP) is 4.49. The Morgan fingerprint density at radius 2 is 2.05 bits per heavy atom. The lowest BCUT2D eigenvalue weighted by molar-refractivity contribution is -0.123. The van der Waals surface area contributed by atoms with Crippen molar-refractivity contribution in [2.24, 2.45) is 5.41 Å². The van der Waals surface area contributed by atoms with Gasteiger partial charge in [0.1, 0.15) is 4.33 Å². The maximum Gasteiger partial charge on any atom is 0.236 e. The van der Waals surface area contributed by atoms with Crippen LogP contribution in [-0.4, -0.2) is 22.0 Å². The highest BCUT2D eigenvalue weighted by atomic mass is 35.5. The highest BCUT2D eigenvalue weighted by Crippen LogP contribution is 2.64. The van der Waals surface area contributed by atoms with E-state index in [0.29, 0.717) is 11.7 Å². The Morgan fingerprint density at radius 1 is 1.40 bits per heavy atom. The van der Waals surface area contributed by atoms with Gasteiger partial charge >= 0.3 is 0 Å². The number of alkyl halides is 2. The SMILES string of the molecule is C[C@H]1CCN(C(=O)[C@@]2(C)CC2(Cl)Cl)c2ccccc2S1. The van der Waals surface area contributed by atoms with Crippen LogP contribution < -0.4 is 4.90 Å². The third-order valence-electron chi connectivity index (χ3n) is 4.22. The fourth-order valence-electron chi connectivity index (χ4n) is 2.63. The van der Waals surface area contributed by atoms with Crippen molar-refractivity contribution in [1.29, 1.82) is 0 Å². The molecule has 1 aliphatic carbocycles. The molecule has 0 unspecified atom stereocenters. The predicted molar refractivity (Wildman–Crippen MR) is 85.9 cm³/mol. The van der Waals surface area contributed by atoms with Gasteiger partial charge in [0.15, 0.2) is 0 Å². The quantitative estimate of drug-likeness (QED) is 0.707. The molecular weight excluding hydrogens is 313 g/mol. The molecule has 0 aromatic heterocycles. The van der Waals surface area contributed by atoms with Gasteiger partial charge in [-0.05, 0) is 31.9 Å². The number of hydrogen-bond donors (Lipinski definition) is 0. The first-order valence-corrected chi connectivity index (χ1v) is 8.44. The number of fused-ring (bicyclic) bond motifs is 1. The maximum atomic E-state index is 12.9. The Hall–Kier alpha value is -0.380. The molecule has 0 saturated heterocycles. The third-order valence-corrected chi connectivity index (χ3v) is 6.56. The lowest BCUT2D eigenvalue weighted by Gasteiger charge is -2.26. The summed E-state index contributed by atoms with van der Waals surface area (Å²) in [6, 6.07) is 8.07. The minimum atomic E-state index is -0.913. The van der Waals surface area contributed by atoms with Gasteiger partial charge in [-0.3, -0.25) is 4.79 Å². The summed E-state index contributed by atoms with van der Waals surface area (Å²) in [5.41, 5.74) is 0.339. The van der Waals surface area contributed by atoms with Crippen LogP contribution in [0, 0.1) is 5.41 Å². The second-order valence-corrected chi connectivity index (χ2v) is 8.82. The van der Waals surface area contributed by atoms with Gasteiger partial charge in [-0.15, -0.1) is 35.0 Å². The molecule has 0 radical (unpaired) electrons. The van der Waals surface area contributed by atoms with Crippen LogP contribution in [-0.2, 0) is 4.79 Å². The van der Waals surface area contributed by atoms with Crippen molar-refractivity contribution in [1.82, 2.24) is 0 Å². The molecule has 1 aromatic rings. The van der Waals surface area contributed by atoms with Crippen molar-refractivity contribution in [2.75, 3.05) is 11.4 Å². The molecule has 0 N–H and O–H groups in total. The number of amides is 1. The maximum absolute atomic E-state index is 12.9. The van der Waals surface area contributed by atoms with E-state index in [1.54, 1.807) is 0 Å². The van der Waals surface area contributed by atoms with Crippen molar-refractivity contribution in [3.05, 3.63) is 24.3 Å². The second-order valence-electron chi connectivity index (χ2n) is 5.85. The summed E-state index contributed by atoms with van der Waals surface area (Å²) in [6.45, 7) is 4.78. The molecule has 5 heteroatoms. The van der Waals surface area contributed by atoms with Crippen molar-refractivity contribution < 1.29 is 4.79 Å². The molecule has 1 fully saturated rings. The Balaban J connectivity index is 1.96. The van der Waals surface area contributed by atoms with Gasteiger partial charge in [0.2, 0.25) is 5.91 Å². The van der Waals surface area contributed by atoms with E-state index < -0.39 is 9.75 Å². The number of carbonyl (C=O) groups excluding carboxylic acids is 1. The van der Waals surface area contributed by atoms with Crippen LogP contribution in [0.2, 0.25) is 0 Å². The number of anilines is 1. The summed E-state index contributed by atoms with van der Waals surface area (Å²) in [7, 11) is 0. The number of rotatable bonds is 1. The molecule has 108 valence electrons. The summed E-state index contributed by atoms with van der Waals surface area (Å²) >= 11 is 14.2. The van der Waals surface area contributed by atoms with Crippen molar-refractivity contribution >= 4 is 46.6 Å². The van der Waals surface area contributed by atoms with Crippen LogP contribution in [0.1, 0.15) is 26.7 Å². The molecule has 20 heavy (non-hydrogen) atoms. The molecule has 1 aromatic carbocycles. The lowest BCUT2D eigenvalue weighted by Crippen LogP contribution is -2.39. The minimum absolute atomic E-state index is 0.0460. The van der Waals surface area contributed by atoms with E-state index in [1.807, 2.05) is 41.8 Å². The zero-order chi connectivity index (χ0) is 14.5. The summed E-state index contributed by atoms with van der Waals surface area (Å²) in [4.78, 5) is 15.9. The third kappa shape index (κ3) is 2.24. The van der Waals surface area contributed by atoms with E-state index in [2.05, 4.69) is 13.0 Å². The summed E-state index contributed by atoms with van der Waals surface area (Å²) < 4.78 is -0.913. The zero-order valence-electron chi connectivity index (χ0n) is 11.5. The van der Waals surface area contributed by atoms with Crippen molar-refractivity contribution in [3.8, 4) is 0 Å². The highest BCUT2D eigenvalue weighted by Gasteiger charge is 2.69. The first kappa shape index (κ1) is 14.6. The zero-order valence-corrected chi connectivity index (χ0v) is 13.9. The summed E-state index contributed by atoms with van der Waals surface area (Å²) in [5.74, 6) is 0.0460. The minimum Gasteiger partial charge on any atom is -0.311 e. The van der Waals surface area contributed by atoms with Crippen LogP contribution in [0.5, 0.6) is 0 Å². The average molecular weight is 330 g/mol. The van der Waals surface area contributed by atoms with Gasteiger partial charge in [-0.25, -0.2) is 0 Å². The molecule has 1 amide bonds. The molecule has 3 rings (SSSR count). The van der Waals surface area contributed by atoms with E-state index in [1.165, 1.54) is 0 Å². The molecule has 0 bridgehead atoms. The van der Waals surface area contributed by atoms with Gasteiger partial charge in [-0.2, -0.15) is 0 Å². The van der Waals surface area contributed by atoms with Crippen LogP contribution >= 0.6 is 35.0 Å². The lowest BCUT2D eigenvalue weighted by atomic mass is 10.1. The highest BCUT2D eigenvalue weighted by molar-refractivity contribution is 8.00. The van der Waals surface area contributed by atoms with Crippen LogP contribution in [0.15, 0.2) is 29.2 Å². The standard InChI is InChI=1S/C15H17Cl2NOS/c1-10-7-8-18(11-5-3-4-6-12(11)20-10)13(19)14(2)9-15(14,16)17/h3-6,10H,7-9H2,1-2H3/t10-,14+/m0/s1. The number of halogens is 2. The molecule has 1 saturated carbocycles. The molecule has 1 heterocycles. The fraction of sp³-hybridized carbons (Fsp3) is 0.533. The van der Waals surface area contributed by atoms with Gasteiger partial charge in [-0.1, -0.05) is 19.1 Å². The van der Waals surface area contributed by atoms with Crippen LogP contribution in [0.3, 0.4) is 0 Å². The largest absolute Gasteiger partial charge is 0.311 e. The number of thioether (sulfide) groups is 1. The topological polar surface area (TPSA) is 20.3 Å².